The molecule has 3 N–H and O–H groups in total. The minimum Gasteiger partial charge on any atom is -0.313 e. The van der Waals surface area contributed by atoms with Crippen LogP contribution in [0.2, 0.25) is 0 Å². The van der Waals surface area contributed by atoms with E-state index in [0.717, 1.165) is 21.1 Å². The van der Waals surface area contributed by atoms with Crippen molar-refractivity contribution in [2.24, 2.45) is 0 Å². The zero-order valence-corrected chi connectivity index (χ0v) is 10.1. The van der Waals surface area contributed by atoms with E-state index in [1.165, 1.54) is 0 Å². The number of hydrogen-bond donors (Lipinski definition) is 3. The molecule has 4 nitrogen and oxygen atoms in total. The third-order valence-corrected chi connectivity index (χ3v) is 3.22. The van der Waals surface area contributed by atoms with E-state index in [-0.39, 0.29) is 11.7 Å². The van der Waals surface area contributed by atoms with Gasteiger partial charge in [-0.25, -0.2) is 4.79 Å². The molecule has 0 aliphatic rings. The first-order chi connectivity index (χ1) is 7.11. The van der Waals surface area contributed by atoms with Crippen LogP contribution in [0.25, 0.3) is 11.0 Å². The molecular weight excluding hydrogens is 258 g/mol. The van der Waals surface area contributed by atoms with E-state index in [1.807, 2.05) is 19.2 Å². The summed E-state index contributed by atoms with van der Waals surface area (Å²) in [6, 6.07) is 4.12. The number of aromatic nitrogens is 2. The normalized spacial score (nSPS) is 13.3. The molecule has 80 valence electrons. The fraction of sp³-hybridized carbons (Fsp3) is 0.300. The molecule has 0 spiro atoms. The van der Waals surface area contributed by atoms with Crippen molar-refractivity contribution in [3.05, 3.63) is 32.7 Å². The monoisotopic (exact) mass is 269 g/mol. The lowest BCUT2D eigenvalue weighted by Gasteiger charge is -2.12. The summed E-state index contributed by atoms with van der Waals surface area (Å²) in [6.45, 7) is 2.07. The van der Waals surface area contributed by atoms with Gasteiger partial charge in [0.15, 0.2) is 0 Å². The minimum atomic E-state index is -0.175. The van der Waals surface area contributed by atoms with Gasteiger partial charge in [0.2, 0.25) is 0 Å². The lowest BCUT2D eigenvalue weighted by molar-refractivity contribution is 0.650. The van der Waals surface area contributed by atoms with E-state index in [9.17, 15) is 4.79 Å². The molecule has 0 saturated carbocycles. The second-order valence-electron chi connectivity index (χ2n) is 3.51. The highest BCUT2D eigenvalue weighted by atomic mass is 79.9. The first-order valence-corrected chi connectivity index (χ1v) is 5.50. The first-order valence-electron chi connectivity index (χ1n) is 4.70. The number of benzene rings is 1. The maximum Gasteiger partial charge on any atom is 0.323 e. The number of halogens is 1. The lowest BCUT2D eigenvalue weighted by atomic mass is 10.1. The highest BCUT2D eigenvalue weighted by Crippen LogP contribution is 2.26. The molecule has 2 rings (SSSR count). The van der Waals surface area contributed by atoms with Crippen LogP contribution in [-0.2, 0) is 0 Å². The number of nitrogens with one attached hydrogen (secondary N) is 3. The Hall–Kier alpha value is -1.07. The van der Waals surface area contributed by atoms with E-state index < -0.39 is 0 Å². The Morgan fingerprint density at radius 3 is 2.53 bits per heavy atom. The Morgan fingerprint density at radius 2 is 1.93 bits per heavy atom. The van der Waals surface area contributed by atoms with Crippen molar-refractivity contribution >= 4 is 27.0 Å². The molecule has 0 aliphatic carbocycles. The number of hydrogen-bond acceptors (Lipinski definition) is 2. The van der Waals surface area contributed by atoms with Gasteiger partial charge in [0, 0.05) is 10.5 Å². The summed E-state index contributed by atoms with van der Waals surface area (Å²) in [6.07, 6.45) is 0. The van der Waals surface area contributed by atoms with E-state index in [1.54, 1.807) is 0 Å². The van der Waals surface area contributed by atoms with Gasteiger partial charge in [0.1, 0.15) is 0 Å². The van der Waals surface area contributed by atoms with Gasteiger partial charge in [0.05, 0.1) is 11.0 Å². The van der Waals surface area contributed by atoms with Gasteiger partial charge in [-0.3, -0.25) is 0 Å². The average Bonchev–Trinajstić information content (AvgIpc) is 2.55. The highest BCUT2D eigenvalue weighted by Gasteiger charge is 2.09. The Bertz CT molecular complexity index is 543. The van der Waals surface area contributed by atoms with Crippen molar-refractivity contribution in [2.75, 3.05) is 7.05 Å². The lowest BCUT2D eigenvalue weighted by Crippen LogP contribution is -2.12. The predicted molar refractivity (Wildman–Crippen MR) is 64.1 cm³/mol. The number of rotatable bonds is 2. The van der Waals surface area contributed by atoms with Crippen LogP contribution in [0.15, 0.2) is 21.4 Å². The Labute approximate surface area is 95.2 Å². The average molecular weight is 270 g/mol. The largest absolute Gasteiger partial charge is 0.323 e. The molecule has 15 heavy (non-hydrogen) atoms. The molecule has 0 amide bonds. The summed E-state index contributed by atoms with van der Waals surface area (Å²) >= 11 is 3.49. The maximum absolute atomic E-state index is 11.1. The van der Waals surface area contributed by atoms with Crippen LogP contribution in [0, 0.1) is 0 Å². The van der Waals surface area contributed by atoms with E-state index in [4.69, 9.17) is 0 Å². The van der Waals surface area contributed by atoms with Crippen molar-refractivity contribution < 1.29 is 0 Å². The summed E-state index contributed by atoms with van der Waals surface area (Å²) in [5.74, 6) is 0. The molecule has 2 aromatic rings. The minimum absolute atomic E-state index is 0.175. The zero-order chi connectivity index (χ0) is 11.0. The van der Waals surface area contributed by atoms with Crippen LogP contribution in [0.5, 0.6) is 0 Å². The van der Waals surface area contributed by atoms with Crippen LogP contribution in [0.1, 0.15) is 18.5 Å². The molecule has 1 unspecified atom stereocenters. The van der Waals surface area contributed by atoms with E-state index in [0.29, 0.717) is 0 Å². The summed E-state index contributed by atoms with van der Waals surface area (Å²) in [5, 5.41) is 3.16. The SMILES string of the molecule is CNC(C)c1cc2[nH]c(=O)[nH]c2cc1Br. The molecule has 1 aromatic heterocycles. The summed E-state index contributed by atoms with van der Waals surface area (Å²) < 4.78 is 0.993. The van der Waals surface area contributed by atoms with Crippen molar-refractivity contribution in [3.63, 3.8) is 0 Å². The van der Waals surface area contributed by atoms with Gasteiger partial charge >= 0.3 is 5.69 Å². The van der Waals surface area contributed by atoms with Crippen LogP contribution in [0.3, 0.4) is 0 Å². The third kappa shape index (κ3) is 1.85. The van der Waals surface area contributed by atoms with E-state index >= 15 is 0 Å². The van der Waals surface area contributed by atoms with Crippen LogP contribution in [-0.4, -0.2) is 17.0 Å². The molecule has 0 radical (unpaired) electrons. The van der Waals surface area contributed by atoms with Crippen LogP contribution < -0.4 is 11.0 Å². The standard InChI is InChI=1S/C10H12BrN3O/c1-5(12-2)6-3-8-9(4-7(6)11)14-10(15)13-8/h3-5,12H,1-2H3,(H2,13,14,15). The van der Waals surface area contributed by atoms with Crippen LogP contribution >= 0.6 is 15.9 Å². The zero-order valence-electron chi connectivity index (χ0n) is 8.52. The second-order valence-corrected chi connectivity index (χ2v) is 4.36. The van der Waals surface area contributed by atoms with Gasteiger partial charge in [-0.1, -0.05) is 15.9 Å². The predicted octanol–water partition coefficient (Wildman–Crippen LogP) is 1.90. The number of aromatic amines is 2. The Morgan fingerprint density at radius 1 is 1.33 bits per heavy atom. The maximum atomic E-state index is 11.1. The molecule has 0 bridgehead atoms. The molecule has 1 heterocycles. The topological polar surface area (TPSA) is 60.7 Å². The van der Waals surface area contributed by atoms with Crippen molar-refractivity contribution in [1.29, 1.82) is 0 Å². The molecule has 0 fully saturated rings. The van der Waals surface area contributed by atoms with Crippen LogP contribution in [0.4, 0.5) is 0 Å². The van der Waals surface area contributed by atoms with Crippen molar-refractivity contribution in [1.82, 2.24) is 15.3 Å². The number of H-pyrrole nitrogens is 2. The van der Waals surface area contributed by atoms with Gasteiger partial charge in [-0.15, -0.1) is 0 Å². The quantitative estimate of drug-likeness (QED) is 0.780. The Balaban J connectivity index is 2.66. The molecule has 1 atom stereocenters. The van der Waals surface area contributed by atoms with Gasteiger partial charge < -0.3 is 15.3 Å². The molecule has 0 saturated heterocycles. The third-order valence-electron chi connectivity index (χ3n) is 2.53. The van der Waals surface area contributed by atoms with Gasteiger partial charge in [0.25, 0.3) is 0 Å². The van der Waals surface area contributed by atoms with Crippen molar-refractivity contribution in [2.45, 2.75) is 13.0 Å². The molecule has 0 aliphatic heterocycles. The highest BCUT2D eigenvalue weighted by molar-refractivity contribution is 9.10. The van der Waals surface area contributed by atoms with Gasteiger partial charge in [-0.2, -0.15) is 0 Å². The summed E-state index contributed by atoms with van der Waals surface area (Å²) in [4.78, 5) is 16.6. The summed E-state index contributed by atoms with van der Waals surface area (Å²) in [5.41, 5.74) is 2.60. The number of imidazole rings is 1. The molecule has 5 heteroatoms. The number of fused-ring (bicyclic) bond motifs is 1. The Kier molecular flexibility index (Phi) is 2.67. The second kappa shape index (κ2) is 3.83. The first kappa shape index (κ1) is 10.4. The fourth-order valence-electron chi connectivity index (χ4n) is 1.56. The van der Waals surface area contributed by atoms with Crippen molar-refractivity contribution in [3.8, 4) is 0 Å². The molecule has 1 aromatic carbocycles. The smallest absolute Gasteiger partial charge is 0.313 e. The molecular formula is C10H12BrN3O. The van der Waals surface area contributed by atoms with Gasteiger partial charge in [-0.05, 0) is 31.7 Å². The van der Waals surface area contributed by atoms with E-state index in [2.05, 4.69) is 38.1 Å². The summed E-state index contributed by atoms with van der Waals surface area (Å²) in [7, 11) is 1.90. The fourth-order valence-corrected chi connectivity index (χ4v) is 2.25.